The Hall–Kier alpha value is -2.63. The van der Waals surface area contributed by atoms with Crippen molar-refractivity contribution >= 4 is 17.4 Å². The van der Waals surface area contributed by atoms with Crippen LogP contribution in [0.4, 0.5) is 11.5 Å². The first-order chi connectivity index (χ1) is 11.1. The first-order valence-corrected chi connectivity index (χ1v) is 7.72. The third-order valence-electron chi connectivity index (χ3n) is 3.22. The molecule has 6 heteroatoms. The van der Waals surface area contributed by atoms with Gasteiger partial charge in [-0.25, -0.2) is 4.98 Å². The number of carbonyl (C=O) groups is 1. The summed E-state index contributed by atoms with van der Waals surface area (Å²) < 4.78 is 0. The molecule has 0 unspecified atom stereocenters. The average molecular weight is 313 g/mol. The van der Waals surface area contributed by atoms with E-state index in [0.29, 0.717) is 31.9 Å². The number of nitrogens with one attached hydrogen (secondary N) is 3. The first kappa shape index (κ1) is 16.7. The molecule has 1 aromatic heterocycles. The topological polar surface area (TPSA) is 78.9 Å². The highest BCUT2D eigenvalue weighted by Crippen LogP contribution is 2.13. The average Bonchev–Trinajstić information content (AvgIpc) is 2.52. The van der Waals surface area contributed by atoms with Gasteiger partial charge in [0, 0.05) is 44.1 Å². The van der Waals surface area contributed by atoms with Gasteiger partial charge in [-0.3, -0.25) is 9.78 Å². The van der Waals surface area contributed by atoms with Gasteiger partial charge >= 0.3 is 0 Å². The molecule has 1 aromatic carbocycles. The van der Waals surface area contributed by atoms with Gasteiger partial charge in [-0.2, -0.15) is 0 Å². The van der Waals surface area contributed by atoms with Crippen LogP contribution in [0, 0.1) is 13.8 Å². The second-order valence-electron chi connectivity index (χ2n) is 5.42. The summed E-state index contributed by atoms with van der Waals surface area (Å²) in [7, 11) is 0. The molecule has 2 rings (SSSR count). The van der Waals surface area contributed by atoms with Crippen LogP contribution in [0.15, 0.2) is 36.8 Å². The molecule has 122 valence electrons. The molecule has 2 aromatic rings. The third-order valence-corrected chi connectivity index (χ3v) is 3.22. The van der Waals surface area contributed by atoms with Crippen LogP contribution in [0.1, 0.15) is 17.5 Å². The molecule has 0 spiro atoms. The Bertz CT molecular complexity index is 610. The lowest BCUT2D eigenvalue weighted by molar-refractivity contribution is -0.120. The maximum atomic E-state index is 11.8. The highest BCUT2D eigenvalue weighted by Gasteiger charge is 2.01. The number of carbonyl (C=O) groups excluding carboxylic acids is 1. The first-order valence-electron chi connectivity index (χ1n) is 7.72. The minimum atomic E-state index is 0.0304. The van der Waals surface area contributed by atoms with Crippen molar-refractivity contribution < 1.29 is 4.79 Å². The molecule has 0 atom stereocenters. The fourth-order valence-electron chi connectivity index (χ4n) is 2.27. The molecule has 0 bridgehead atoms. The van der Waals surface area contributed by atoms with Crippen LogP contribution >= 0.6 is 0 Å². The standard InChI is InChI=1S/C17H23N5O/c1-13-9-14(2)11-15(10-13)19-4-3-17(23)22-8-7-21-16-12-18-5-6-20-16/h5-6,9-12,19H,3-4,7-8H2,1-2H3,(H,20,21)(H,22,23). The van der Waals surface area contributed by atoms with Crippen LogP contribution in [-0.2, 0) is 4.79 Å². The van der Waals surface area contributed by atoms with E-state index in [9.17, 15) is 4.79 Å². The molecule has 0 fully saturated rings. The minimum Gasteiger partial charge on any atom is -0.385 e. The largest absolute Gasteiger partial charge is 0.385 e. The van der Waals surface area contributed by atoms with Gasteiger partial charge in [0.1, 0.15) is 5.82 Å². The predicted octanol–water partition coefficient (Wildman–Crippen LogP) is 2.12. The number of nitrogens with zero attached hydrogens (tertiary/aromatic N) is 2. The van der Waals surface area contributed by atoms with Gasteiger partial charge < -0.3 is 16.0 Å². The fraction of sp³-hybridized carbons (Fsp3) is 0.353. The number of rotatable bonds is 8. The molecule has 3 N–H and O–H groups in total. The van der Waals surface area contributed by atoms with Gasteiger partial charge in [0.2, 0.25) is 5.91 Å². The van der Waals surface area contributed by atoms with E-state index in [1.165, 1.54) is 11.1 Å². The molecule has 6 nitrogen and oxygen atoms in total. The molecule has 0 saturated carbocycles. The van der Waals surface area contributed by atoms with Gasteiger partial charge in [-0.05, 0) is 37.1 Å². The summed E-state index contributed by atoms with van der Waals surface area (Å²) in [5.74, 6) is 0.737. The summed E-state index contributed by atoms with van der Waals surface area (Å²) in [4.78, 5) is 19.8. The van der Waals surface area contributed by atoms with E-state index in [1.807, 2.05) is 0 Å². The second-order valence-corrected chi connectivity index (χ2v) is 5.42. The lowest BCUT2D eigenvalue weighted by Gasteiger charge is -2.09. The van der Waals surface area contributed by atoms with Gasteiger partial charge in [-0.15, -0.1) is 0 Å². The smallest absolute Gasteiger partial charge is 0.221 e. The number of aromatic nitrogens is 2. The predicted molar refractivity (Wildman–Crippen MR) is 92.6 cm³/mol. The van der Waals surface area contributed by atoms with Crippen molar-refractivity contribution in [1.82, 2.24) is 15.3 Å². The van der Waals surface area contributed by atoms with E-state index < -0.39 is 0 Å². The van der Waals surface area contributed by atoms with Gasteiger partial charge in [0.25, 0.3) is 0 Å². The van der Waals surface area contributed by atoms with Crippen LogP contribution in [0.2, 0.25) is 0 Å². The normalized spacial score (nSPS) is 10.2. The summed E-state index contributed by atoms with van der Waals surface area (Å²) in [6, 6.07) is 6.29. The maximum Gasteiger partial charge on any atom is 0.221 e. The van der Waals surface area contributed by atoms with Crippen molar-refractivity contribution in [3.05, 3.63) is 47.9 Å². The van der Waals surface area contributed by atoms with Crippen molar-refractivity contribution in [2.75, 3.05) is 30.3 Å². The molecule has 0 aliphatic rings. The molecule has 0 radical (unpaired) electrons. The summed E-state index contributed by atoms with van der Waals surface area (Å²) in [6.07, 6.45) is 5.34. The Morgan fingerprint density at radius 2 is 1.78 bits per heavy atom. The summed E-state index contributed by atoms with van der Waals surface area (Å²) in [5, 5.41) is 9.24. The number of anilines is 2. The molecule has 0 saturated heterocycles. The summed E-state index contributed by atoms with van der Waals surface area (Å²) in [5.41, 5.74) is 3.48. The van der Waals surface area contributed by atoms with Gasteiger partial charge in [0.15, 0.2) is 0 Å². The van der Waals surface area contributed by atoms with Crippen molar-refractivity contribution in [2.24, 2.45) is 0 Å². The Labute approximate surface area is 136 Å². The maximum absolute atomic E-state index is 11.8. The summed E-state index contributed by atoms with van der Waals surface area (Å²) in [6.45, 7) is 5.92. The fourth-order valence-corrected chi connectivity index (χ4v) is 2.27. The zero-order valence-electron chi connectivity index (χ0n) is 13.6. The summed E-state index contributed by atoms with van der Waals surface area (Å²) >= 11 is 0. The van der Waals surface area contributed by atoms with Crippen LogP contribution < -0.4 is 16.0 Å². The molecule has 1 amide bonds. The molecule has 1 heterocycles. The monoisotopic (exact) mass is 313 g/mol. The zero-order chi connectivity index (χ0) is 16.5. The van der Waals surface area contributed by atoms with Crippen molar-refractivity contribution in [3.8, 4) is 0 Å². The number of hydrogen-bond donors (Lipinski definition) is 3. The van der Waals surface area contributed by atoms with E-state index in [0.717, 1.165) is 5.69 Å². The number of benzene rings is 1. The lowest BCUT2D eigenvalue weighted by atomic mass is 10.1. The van der Waals surface area contributed by atoms with Crippen LogP contribution in [0.3, 0.4) is 0 Å². The van der Waals surface area contributed by atoms with Crippen LogP contribution in [0.5, 0.6) is 0 Å². The van der Waals surface area contributed by atoms with E-state index in [2.05, 4.69) is 58.0 Å². The van der Waals surface area contributed by atoms with Gasteiger partial charge in [-0.1, -0.05) is 6.07 Å². The quantitative estimate of drug-likeness (QED) is 0.651. The molecule has 23 heavy (non-hydrogen) atoms. The number of hydrogen-bond acceptors (Lipinski definition) is 5. The minimum absolute atomic E-state index is 0.0304. The molecule has 0 aliphatic carbocycles. The van der Waals surface area contributed by atoms with Crippen molar-refractivity contribution in [1.29, 1.82) is 0 Å². The number of aryl methyl sites for hydroxylation is 2. The SMILES string of the molecule is Cc1cc(C)cc(NCCC(=O)NCCNc2cnccn2)c1. The Kier molecular flexibility index (Phi) is 6.35. The third kappa shape index (κ3) is 6.34. The number of amides is 1. The van der Waals surface area contributed by atoms with Crippen molar-refractivity contribution in [3.63, 3.8) is 0 Å². The molecule has 0 aliphatic heterocycles. The second kappa shape index (κ2) is 8.73. The van der Waals surface area contributed by atoms with E-state index in [4.69, 9.17) is 0 Å². The van der Waals surface area contributed by atoms with E-state index in [-0.39, 0.29) is 5.91 Å². The molecular formula is C17H23N5O. The van der Waals surface area contributed by atoms with Crippen molar-refractivity contribution in [2.45, 2.75) is 20.3 Å². The highest BCUT2D eigenvalue weighted by atomic mass is 16.1. The Morgan fingerprint density at radius 3 is 2.48 bits per heavy atom. The zero-order valence-corrected chi connectivity index (χ0v) is 13.6. The lowest BCUT2D eigenvalue weighted by Crippen LogP contribution is -2.30. The van der Waals surface area contributed by atoms with E-state index in [1.54, 1.807) is 18.6 Å². The van der Waals surface area contributed by atoms with E-state index >= 15 is 0 Å². The van der Waals surface area contributed by atoms with Crippen LogP contribution in [-0.4, -0.2) is 35.5 Å². The van der Waals surface area contributed by atoms with Gasteiger partial charge in [0.05, 0.1) is 6.20 Å². The highest BCUT2D eigenvalue weighted by molar-refractivity contribution is 5.76. The molecular weight excluding hydrogens is 290 g/mol. The van der Waals surface area contributed by atoms with Crippen LogP contribution in [0.25, 0.3) is 0 Å². The Balaban J connectivity index is 1.60. The Morgan fingerprint density at radius 1 is 1.00 bits per heavy atom.